The zero-order valence-corrected chi connectivity index (χ0v) is 18.2. The van der Waals surface area contributed by atoms with E-state index in [4.69, 9.17) is 4.74 Å². The number of halogens is 1. The van der Waals surface area contributed by atoms with Crippen LogP contribution in [0.3, 0.4) is 0 Å². The number of hydrogen-bond acceptors (Lipinski definition) is 5. The monoisotopic (exact) mass is 432 g/mol. The van der Waals surface area contributed by atoms with Crippen molar-refractivity contribution in [2.75, 3.05) is 25.1 Å². The highest BCUT2D eigenvalue weighted by molar-refractivity contribution is 5.96. The van der Waals surface area contributed by atoms with Crippen LogP contribution in [0.15, 0.2) is 42.6 Å². The lowest BCUT2D eigenvalue weighted by Gasteiger charge is -2.34. The average molecular weight is 432 g/mol. The van der Waals surface area contributed by atoms with E-state index in [1.54, 1.807) is 13.3 Å². The third kappa shape index (κ3) is 4.35. The van der Waals surface area contributed by atoms with Crippen LogP contribution in [0.1, 0.15) is 29.5 Å². The number of ether oxygens (including phenoxy) is 1. The number of hydrogen-bond donors (Lipinski definition) is 1. The number of methoxy groups -OCH3 is 1. The molecule has 1 aromatic heterocycles. The normalized spacial score (nSPS) is 14.2. The Labute approximate surface area is 186 Å². The van der Waals surface area contributed by atoms with E-state index in [9.17, 15) is 14.4 Å². The zero-order chi connectivity index (χ0) is 22.7. The number of carbonyl (C=O) groups excluding carboxylic acids is 1. The molecule has 4 rings (SSSR count). The van der Waals surface area contributed by atoms with Crippen LogP contribution in [-0.4, -0.2) is 31.1 Å². The van der Waals surface area contributed by atoms with Crippen molar-refractivity contribution in [3.63, 3.8) is 0 Å². The van der Waals surface area contributed by atoms with Crippen molar-refractivity contribution in [2.24, 2.45) is 5.92 Å². The number of nitriles is 1. The fourth-order valence-corrected chi connectivity index (χ4v) is 4.29. The van der Waals surface area contributed by atoms with E-state index < -0.39 is 0 Å². The van der Waals surface area contributed by atoms with Gasteiger partial charge in [-0.2, -0.15) is 5.26 Å². The second-order valence-electron chi connectivity index (χ2n) is 8.08. The van der Waals surface area contributed by atoms with Gasteiger partial charge in [0.15, 0.2) is 0 Å². The molecule has 0 spiro atoms. The van der Waals surface area contributed by atoms with Crippen molar-refractivity contribution in [2.45, 2.75) is 26.3 Å². The minimum Gasteiger partial charge on any atom is -0.497 e. The van der Waals surface area contributed by atoms with E-state index in [-0.39, 0.29) is 17.6 Å². The lowest BCUT2D eigenvalue weighted by atomic mass is 9.94. The Kier molecular flexibility index (Phi) is 6.22. The van der Waals surface area contributed by atoms with Crippen molar-refractivity contribution in [1.82, 2.24) is 10.3 Å². The number of benzene rings is 2. The molecule has 0 bridgehead atoms. The highest BCUT2D eigenvalue weighted by Crippen LogP contribution is 2.34. The van der Waals surface area contributed by atoms with Crippen molar-refractivity contribution >= 4 is 22.5 Å². The quantitative estimate of drug-likeness (QED) is 0.657. The lowest BCUT2D eigenvalue weighted by Crippen LogP contribution is -2.40. The van der Waals surface area contributed by atoms with Crippen LogP contribution in [-0.2, 0) is 11.3 Å². The van der Waals surface area contributed by atoms with Crippen LogP contribution in [0.4, 0.5) is 10.1 Å². The molecule has 0 aliphatic carbocycles. The number of fused-ring (bicyclic) bond motifs is 1. The van der Waals surface area contributed by atoms with Gasteiger partial charge in [0, 0.05) is 37.1 Å². The minimum atomic E-state index is -0.346. The van der Waals surface area contributed by atoms with Gasteiger partial charge in [0.05, 0.1) is 23.9 Å². The third-order valence-corrected chi connectivity index (χ3v) is 6.03. The molecule has 7 heteroatoms. The SMILES string of the molecule is COc1ccc(CNC(=O)C2CCN(c3c(C#N)cnc4c(C)cc(F)cc34)CC2)cc1. The first kappa shape index (κ1) is 21.6. The highest BCUT2D eigenvalue weighted by Gasteiger charge is 2.27. The van der Waals surface area contributed by atoms with Crippen LogP contribution < -0.4 is 15.0 Å². The van der Waals surface area contributed by atoms with Crippen molar-refractivity contribution in [3.8, 4) is 11.8 Å². The predicted molar refractivity (Wildman–Crippen MR) is 121 cm³/mol. The molecule has 0 radical (unpaired) electrons. The van der Waals surface area contributed by atoms with Crippen LogP contribution >= 0.6 is 0 Å². The molecule has 164 valence electrons. The molecule has 1 amide bonds. The number of anilines is 1. The second-order valence-corrected chi connectivity index (χ2v) is 8.08. The smallest absolute Gasteiger partial charge is 0.223 e. The average Bonchev–Trinajstić information content (AvgIpc) is 2.82. The summed E-state index contributed by atoms with van der Waals surface area (Å²) in [6.07, 6.45) is 2.88. The molecule has 2 aromatic carbocycles. The number of nitrogens with zero attached hydrogens (tertiary/aromatic N) is 3. The van der Waals surface area contributed by atoms with Gasteiger partial charge in [0.1, 0.15) is 17.6 Å². The maximum absolute atomic E-state index is 14.1. The van der Waals surface area contributed by atoms with Crippen molar-refractivity contribution < 1.29 is 13.9 Å². The summed E-state index contributed by atoms with van der Waals surface area (Å²) in [7, 11) is 1.62. The molecular formula is C25H25FN4O2. The van der Waals surface area contributed by atoms with E-state index in [2.05, 4.69) is 21.3 Å². The number of rotatable bonds is 5. The summed E-state index contributed by atoms with van der Waals surface area (Å²) in [6, 6.07) is 12.7. The van der Waals surface area contributed by atoms with E-state index >= 15 is 0 Å². The van der Waals surface area contributed by atoms with Crippen LogP contribution in [0.25, 0.3) is 10.9 Å². The minimum absolute atomic E-state index is 0.0300. The molecule has 0 atom stereocenters. The summed E-state index contributed by atoms with van der Waals surface area (Å²) in [5.41, 5.74) is 3.57. The standard InChI is InChI=1S/C25H25FN4O2/c1-16-11-20(26)12-22-23(16)28-15-19(13-27)24(22)30-9-7-18(8-10-30)25(31)29-14-17-3-5-21(32-2)6-4-17/h3-6,11-12,15,18H,7-10,14H2,1-2H3,(H,29,31). The molecule has 1 aliphatic heterocycles. The molecule has 2 heterocycles. The first-order chi connectivity index (χ1) is 15.5. The summed E-state index contributed by atoms with van der Waals surface area (Å²) in [5.74, 6) is 0.368. The maximum atomic E-state index is 14.1. The van der Waals surface area contributed by atoms with Gasteiger partial charge in [-0.05, 0) is 55.2 Å². The van der Waals surface area contributed by atoms with Gasteiger partial charge in [0.25, 0.3) is 0 Å². The van der Waals surface area contributed by atoms with Gasteiger partial charge in [-0.25, -0.2) is 4.39 Å². The lowest BCUT2D eigenvalue weighted by molar-refractivity contribution is -0.125. The molecule has 3 aromatic rings. The molecule has 32 heavy (non-hydrogen) atoms. The van der Waals surface area contributed by atoms with E-state index in [1.165, 1.54) is 12.1 Å². The molecule has 1 N–H and O–H groups in total. The topological polar surface area (TPSA) is 78.2 Å². The van der Waals surface area contributed by atoms with Gasteiger partial charge < -0.3 is 15.0 Å². The van der Waals surface area contributed by atoms with Gasteiger partial charge in [-0.3, -0.25) is 9.78 Å². The van der Waals surface area contributed by atoms with Gasteiger partial charge in [-0.15, -0.1) is 0 Å². The van der Waals surface area contributed by atoms with E-state index in [1.807, 2.05) is 31.2 Å². The van der Waals surface area contributed by atoms with Gasteiger partial charge in [0.2, 0.25) is 5.91 Å². The molecule has 1 saturated heterocycles. The molecular weight excluding hydrogens is 407 g/mol. The van der Waals surface area contributed by atoms with Crippen LogP contribution in [0.5, 0.6) is 5.75 Å². The summed E-state index contributed by atoms with van der Waals surface area (Å²) in [5, 5.41) is 13.3. The maximum Gasteiger partial charge on any atom is 0.223 e. The Morgan fingerprint density at radius 1 is 1.28 bits per heavy atom. The van der Waals surface area contributed by atoms with E-state index in [0.29, 0.717) is 54.6 Å². The number of amides is 1. The summed E-state index contributed by atoms with van der Waals surface area (Å²) in [4.78, 5) is 19.1. The van der Waals surface area contributed by atoms with Gasteiger partial charge in [-0.1, -0.05) is 12.1 Å². The zero-order valence-electron chi connectivity index (χ0n) is 18.2. The Hall–Kier alpha value is -3.66. The Balaban J connectivity index is 1.45. The Bertz CT molecular complexity index is 1180. The van der Waals surface area contributed by atoms with Crippen LogP contribution in [0, 0.1) is 30.0 Å². The highest BCUT2D eigenvalue weighted by atomic mass is 19.1. The Morgan fingerprint density at radius 2 is 2.00 bits per heavy atom. The van der Waals surface area contributed by atoms with Gasteiger partial charge >= 0.3 is 0 Å². The first-order valence-electron chi connectivity index (χ1n) is 10.6. The Morgan fingerprint density at radius 3 is 2.66 bits per heavy atom. The van der Waals surface area contributed by atoms with Crippen LogP contribution in [0.2, 0.25) is 0 Å². The number of aryl methyl sites for hydroxylation is 1. The molecule has 6 nitrogen and oxygen atoms in total. The summed E-state index contributed by atoms with van der Waals surface area (Å²) >= 11 is 0. The fraction of sp³-hybridized carbons (Fsp3) is 0.320. The summed E-state index contributed by atoms with van der Waals surface area (Å²) < 4.78 is 19.3. The largest absolute Gasteiger partial charge is 0.497 e. The molecule has 1 fully saturated rings. The summed E-state index contributed by atoms with van der Waals surface area (Å²) in [6.45, 7) is 3.51. The molecule has 0 saturated carbocycles. The number of carbonyl (C=O) groups is 1. The number of pyridine rings is 1. The predicted octanol–water partition coefficient (Wildman–Crippen LogP) is 4.10. The fourth-order valence-electron chi connectivity index (χ4n) is 4.29. The molecule has 1 aliphatic rings. The van der Waals surface area contributed by atoms with Crippen molar-refractivity contribution in [1.29, 1.82) is 5.26 Å². The number of aromatic nitrogens is 1. The van der Waals surface area contributed by atoms with Crippen molar-refractivity contribution in [3.05, 3.63) is 65.1 Å². The molecule has 0 unspecified atom stereocenters. The number of nitrogens with one attached hydrogen (secondary N) is 1. The third-order valence-electron chi connectivity index (χ3n) is 6.03. The second kappa shape index (κ2) is 9.23. The van der Waals surface area contributed by atoms with E-state index in [0.717, 1.165) is 16.9 Å². The first-order valence-corrected chi connectivity index (χ1v) is 10.6. The number of piperidine rings is 1.